The highest BCUT2D eigenvalue weighted by atomic mass is 14.9. The standard InChI is InChI=1S/C14H15N5/c15-13-1-2-14(12-8-16-5-4-11(12)13)18-6-3-10-7-17-9-19-10/h1-2,4-5,7-9,18H,3,6,15H2,(H,17,19). The second-order valence-electron chi connectivity index (χ2n) is 4.38. The van der Waals surface area contributed by atoms with E-state index in [1.165, 1.54) is 0 Å². The fourth-order valence-corrected chi connectivity index (χ4v) is 2.12. The smallest absolute Gasteiger partial charge is 0.0921 e. The summed E-state index contributed by atoms with van der Waals surface area (Å²) in [6.45, 7) is 0.829. The summed E-state index contributed by atoms with van der Waals surface area (Å²) < 4.78 is 0. The Morgan fingerprint density at radius 3 is 2.89 bits per heavy atom. The number of pyridine rings is 1. The van der Waals surface area contributed by atoms with Gasteiger partial charge in [-0.1, -0.05) is 0 Å². The molecule has 0 atom stereocenters. The molecule has 5 heteroatoms. The molecule has 96 valence electrons. The van der Waals surface area contributed by atoms with Gasteiger partial charge in [0.15, 0.2) is 0 Å². The van der Waals surface area contributed by atoms with Crippen LogP contribution >= 0.6 is 0 Å². The molecule has 0 spiro atoms. The van der Waals surface area contributed by atoms with Gasteiger partial charge >= 0.3 is 0 Å². The van der Waals surface area contributed by atoms with Gasteiger partial charge in [-0.2, -0.15) is 0 Å². The number of H-pyrrole nitrogens is 1. The third-order valence-electron chi connectivity index (χ3n) is 3.12. The lowest BCUT2D eigenvalue weighted by molar-refractivity contribution is 0.978. The molecule has 0 bridgehead atoms. The van der Waals surface area contributed by atoms with E-state index in [1.54, 1.807) is 12.5 Å². The molecular weight excluding hydrogens is 238 g/mol. The molecule has 5 nitrogen and oxygen atoms in total. The zero-order valence-corrected chi connectivity index (χ0v) is 10.4. The molecule has 0 radical (unpaired) electrons. The number of nitrogens with zero attached hydrogens (tertiary/aromatic N) is 2. The van der Waals surface area contributed by atoms with Crippen LogP contribution in [-0.4, -0.2) is 21.5 Å². The molecule has 0 saturated carbocycles. The zero-order chi connectivity index (χ0) is 13.1. The Kier molecular flexibility index (Phi) is 3.02. The summed E-state index contributed by atoms with van der Waals surface area (Å²) in [5.41, 5.74) is 8.91. The van der Waals surface area contributed by atoms with Crippen LogP contribution in [0.25, 0.3) is 10.8 Å². The third kappa shape index (κ3) is 2.35. The van der Waals surface area contributed by atoms with Crippen LogP contribution < -0.4 is 11.1 Å². The monoisotopic (exact) mass is 253 g/mol. The molecule has 0 aliphatic carbocycles. The summed E-state index contributed by atoms with van der Waals surface area (Å²) in [6, 6.07) is 5.85. The van der Waals surface area contributed by atoms with Crippen LogP contribution in [0, 0.1) is 0 Å². The Balaban J connectivity index is 1.79. The number of nitrogens with two attached hydrogens (primary N) is 1. The van der Waals surface area contributed by atoms with Gasteiger partial charge in [0, 0.05) is 59.4 Å². The molecule has 19 heavy (non-hydrogen) atoms. The quantitative estimate of drug-likeness (QED) is 0.623. The number of benzene rings is 1. The van der Waals surface area contributed by atoms with Crippen molar-refractivity contribution in [1.29, 1.82) is 0 Å². The predicted octanol–water partition coefficient (Wildman–Crippen LogP) is 2.19. The van der Waals surface area contributed by atoms with Crippen molar-refractivity contribution in [3.63, 3.8) is 0 Å². The van der Waals surface area contributed by atoms with E-state index in [1.807, 2.05) is 30.6 Å². The number of fused-ring (bicyclic) bond motifs is 1. The van der Waals surface area contributed by atoms with E-state index in [2.05, 4.69) is 20.3 Å². The Morgan fingerprint density at radius 2 is 2.05 bits per heavy atom. The highest BCUT2D eigenvalue weighted by molar-refractivity contribution is 6.00. The van der Waals surface area contributed by atoms with Gasteiger partial charge in [0.25, 0.3) is 0 Å². The molecule has 2 heterocycles. The van der Waals surface area contributed by atoms with Gasteiger partial charge in [-0.15, -0.1) is 0 Å². The minimum Gasteiger partial charge on any atom is -0.398 e. The SMILES string of the molecule is Nc1ccc(NCCc2cnc[nH]2)c2cnccc12. The van der Waals surface area contributed by atoms with Crippen molar-refractivity contribution in [3.05, 3.63) is 48.8 Å². The highest BCUT2D eigenvalue weighted by Gasteiger charge is 2.03. The van der Waals surface area contributed by atoms with Crippen molar-refractivity contribution in [2.24, 2.45) is 0 Å². The van der Waals surface area contributed by atoms with Crippen LogP contribution in [0.3, 0.4) is 0 Å². The van der Waals surface area contributed by atoms with Crippen molar-refractivity contribution in [3.8, 4) is 0 Å². The summed E-state index contributed by atoms with van der Waals surface area (Å²) in [4.78, 5) is 11.2. The van der Waals surface area contributed by atoms with E-state index in [9.17, 15) is 0 Å². The first-order valence-electron chi connectivity index (χ1n) is 6.18. The zero-order valence-electron chi connectivity index (χ0n) is 10.4. The summed E-state index contributed by atoms with van der Waals surface area (Å²) in [5.74, 6) is 0. The molecule has 0 unspecified atom stereocenters. The number of hydrogen-bond donors (Lipinski definition) is 3. The molecule has 3 rings (SSSR count). The number of anilines is 2. The molecule has 3 aromatic rings. The predicted molar refractivity (Wildman–Crippen MR) is 76.9 cm³/mol. The maximum Gasteiger partial charge on any atom is 0.0921 e. The number of aromatic nitrogens is 3. The lowest BCUT2D eigenvalue weighted by Crippen LogP contribution is -2.06. The second-order valence-corrected chi connectivity index (χ2v) is 4.38. The van der Waals surface area contributed by atoms with Gasteiger partial charge in [-0.25, -0.2) is 4.98 Å². The summed E-state index contributed by atoms with van der Waals surface area (Å²) in [6.07, 6.45) is 8.02. The summed E-state index contributed by atoms with van der Waals surface area (Å²) in [5, 5.41) is 5.49. The highest BCUT2D eigenvalue weighted by Crippen LogP contribution is 2.27. The maximum atomic E-state index is 5.96. The lowest BCUT2D eigenvalue weighted by Gasteiger charge is -2.10. The van der Waals surface area contributed by atoms with Crippen LogP contribution in [0.2, 0.25) is 0 Å². The first-order chi connectivity index (χ1) is 9.34. The lowest BCUT2D eigenvalue weighted by atomic mass is 10.1. The topological polar surface area (TPSA) is 79.6 Å². The van der Waals surface area contributed by atoms with E-state index in [4.69, 9.17) is 5.73 Å². The van der Waals surface area contributed by atoms with Gasteiger partial charge in [0.2, 0.25) is 0 Å². The Hall–Kier alpha value is -2.56. The van der Waals surface area contributed by atoms with E-state index >= 15 is 0 Å². The third-order valence-corrected chi connectivity index (χ3v) is 3.12. The Bertz CT molecular complexity index is 675. The van der Waals surface area contributed by atoms with Crippen LogP contribution in [0.1, 0.15) is 5.69 Å². The van der Waals surface area contributed by atoms with Crippen LogP contribution in [0.15, 0.2) is 43.1 Å². The molecule has 0 aliphatic heterocycles. The minimum absolute atomic E-state index is 0.775. The second kappa shape index (κ2) is 4.97. The fraction of sp³-hybridized carbons (Fsp3) is 0.143. The van der Waals surface area contributed by atoms with Crippen LogP contribution in [0.5, 0.6) is 0 Å². The van der Waals surface area contributed by atoms with Gasteiger partial charge < -0.3 is 16.0 Å². The first kappa shape index (κ1) is 11.5. The Labute approximate surface area is 110 Å². The van der Waals surface area contributed by atoms with Crippen LogP contribution in [-0.2, 0) is 6.42 Å². The molecule has 0 fully saturated rings. The summed E-state index contributed by atoms with van der Waals surface area (Å²) in [7, 11) is 0. The van der Waals surface area contributed by atoms with Crippen molar-refractivity contribution < 1.29 is 0 Å². The number of imidazole rings is 1. The average molecular weight is 253 g/mol. The number of rotatable bonds is 4. The van der Waals surface area contributed by atoms with Gasteiger partial charge in [-0.3, -0.25) is 4.98 Å². The molecule has 0 amide bonds. The van der Waals surface area contributed by atoms with Gasteiger partial charge in [0.05, 0.1) is 6.33 Å². The Morgan fingerprint density at radius 1 is 1.11 bits per heavy atom. The van der Waals surface area contributed by atoms with E-state index < -0.39 is 0 Å². The maximum absolute atomic E-state index is 5.96. The number of nitrogens with one attached hydrogen (secondary N) is 2. The number of nitrogen functional groups attached to an aromatic ring is 1. The molecule has 0 aliphatic rings. The van der Waals surface area contributed by atoms with Crippen molar-refractivity contribution in [2.75, 3.05) is 17.6 Å². The fourth-order valence-electron chi connectivity index (χ4n) is 2.12. The largest absolute Gasteiger partial charge is 0.398 e. The molecule has 2 aromatic heterocycles. The average Bonchev–Trinajstić information content (AvgIpc) is 2.95. The van der Waals surface area contributed by atoms with Gasteiger partial charge in [0.1, 0.15) is 0 Å². The first-order valence-corrected chi connectivity index (χ1v) is 6.18. The van der Waals surface area contributed by atoms with Crippen LogP contribution in [0.4, 0.5) is 11.4 Å². The number of hydrogen-bond acceptors (Lipinski definition) is 4. The van der Waals surface area contributed by atoms with E-state index in [-0.39, 0.29) is 0 Å². The van der Waals surface area contributed by atoms with E-state index in [0.29, 0.717) is 0 Å². The normalized spacial score (nSPS) is 10.7. The minimum atomic E-state index is 0.775. The van der Waals surface area contributed by atoms with Crippen molar-refractivity contribution >= 4 is 22.1 Å². The number of aromatic amines is 1. The van der Waals surface area contributed by atoms with E-state index in [0.717, 1.165) is 40.8 Å². The summed E-state index contributed by atoms with van der Waals surface area (Å²) >= 11 is 0. The molecular formula is C14H15N5. The molecule has 1 aromatic carbocycles. The molecule has 4 N–H and O–H groups in total. The van der Waals surface area contributed by atoms with Crippen molar-refractivity contribution in [2.45, 2.75) is 6.42 Å². The van der Waals surface area contributed by atoms with Crippen molar-refractivity contribution in [1.82, 2.24) is 15.0 Å². The molecule has 0 saturated heterocycles. The van der Waals surface area contributed by atoms with Gasteiger partial charge in [-0.05, 0) is 18.2 Å².